The van der Waals surface area contributed by atoms with Crippen molar-refractivity contribution >= 4 is 11.9 Å². The van der Waals surface area contributed by atoms with Gasteiger partial charge in [-0.3, -0.25) is 4.79 Å². The second kappa shape index (κ2) is 7.38. The molecule has 148 valence electrons. The van der Waals surface area contributed by atoms with Gasteiger partial charge in [-0.25, -0.2) is 9.97 Å². The van der Waals surface area contributed by atoms with Gasteiger partial charge in [0.15, 0.2) is 0 Å². The monoisotopic (exact) mass is 372 g/mol. The molecule has 4 rings (SSSR count). The highest BCUT2D eigenvalue weighted by Gasteiger charge is 2.36. The van der Waals surface area contributed by atoms with Crippen LogP contribution in [0.15, 0.2) is 6.20 Å². The topological polar surface area (TPSA) is 78.3 Å². The summed E-state index contributed by atoms with van der Waals surface area (Å²) in [6.45, 7) is 6.10. The summed E-state index contributed by atoms with van der Waals surface area (Å²) in [7, 11) is 0. The molecular weight excluding hydrogens is 340 g/mol. The Balaban J connectivity index is 1.54. The maximum atomic E-state index is 12.7. The van der Waals surface area contributed by atoms with E-state index in [2.05, 4.69) is 29.0 Å². The van der Waals surface area contributed by atoms with E-state index in [4.69, 9.17) is 4.98 Å². The van der Waals surface area contributed by atoms with Crippen molar-refractivity contribution in [2.24, 2.45) is 11.3 Å². The zero-order valence-electron chi connectivity index (χ0n) is 16.6. The van der Waals surface area contributed by atoms with Gasteiger partial charge in [0.2, 0.25) is 11.9 Å². The van der Waals surface area contributed by atoms with E-state index in [-0.39, 0.29) is 29.4 Å². The van der Waals surface area contributed by atoms with Crippen LogP contribution in [0.1, 0.15) is 76.1 Å². The molecule has 0 spiro atoms. The van der Waals surface area contributed by atoms with E-state index < -0.39 is 0 Å². The van der Waals surface area contributed by atoms with Crippen molar-refractivity contribution < 1.29 is 9.90 Å². The molecule has 0 bridgehead atoms. The normalized spacial score (nSPS) is 26.0. The van der Waals surface area contributed by atoms with Gasteiger partial charge in [-0.2, -0.15) is 0 Å². The number of amides is 1. The van der Waals surface area contributed by atoms with Gasteiger partial charge in [0.25, 0.3) is 0 Å². The Morgan fingerprint density at radius 3 is 2.63 bits per heavy atom. The molecule has 3 aliphatic rings. The summed E-state index contributed by atoms with van der Waals surface area (Å²) >= 11 is 0. The van der Waals surface area contributed by atoms with E-state index in [0.717, 1.165) is 68.8 Å². The van der Waals surface area contributed by atoms with Crippen molar-refractivity contribution in [3.05, 3.63) is 17.5 Å². The number of fused-ring (bicyclic) bond motifs is 1. The number of aliphatic hydroxyl groups excluding tert-OH is 1. The van der Waals surface area contributed by atoms with Crippen molar-refractivity contribution in [2.75, 3.05) is 18.0 Å². The SMILES string of the molecule is CC1(C)Cc2nc(N3CCC(O)CC3)ncc2[C@H](NC(=O)C2CCCC2)C1. The Kier molecular flexibility index (Phi) is 5.10. The van der Waals surface area contributed by atoms with E-state index >= 15 is 0 Å². The molecule has 6 heteroatoms. The van der Waals surface area contributed by atoms with Crippen LogP contribution in [0.3, 0.4) is 0 Å². The Hall–Kier alpha value is -1.69. The number of anilines is 1. The molecule has 0 unspecified atom stereocenters. The summed E-state index contributed by atoms with van der Waals surface area (Å²) in [6.07, 6.45) is 9.48. The van der Waals surface area contributed by atoms with Gasteiger partial charge in [0.1, 0.15) is 0 Å². The van der Waals surface area contributed by atoms with E-state index in [9.17, 15) is 9.90 Å². The molecule has 1 aliphatic heterocycles. The predicted octanol–water partition coefficient (Wildman–Crippen LogP) is 2.76. The highest BCUT2D eigenvalue weighted by molar-refractivity contribution is 5.79. The second-order valence-electron chi connectivity index (χ2n) is 9.38. The van der Waals surface area contributed by atoms with E-state index in [1.54, 1.807) is 0 Å². The van der Waals surface area contributed by atoms with Crippen LogP contribution in [0.4, 0.5) is 5.95 Å². The quantitative estimate of drug-likeness (QED) is 0.853. The molecule has 1 saturated carbocycles. The van der Waals surface area contributed by atoms with E-state index in [1.807, 2.05) is 6.20 Å². The van der Waals surface area contributed by atoms with Crippen LogP contribution in [0.25, 0.3) is 0 Å². The summed E-state index contributed by atoms with van der Waals surface area (Å²) < 4.78 is 0. The molecule has 1 amide bonds. The largest absolute Gasteiger partial charge is 0.393 e. The van der Waals surface area contributed by atoms with Gasteiger partial charge in [0, 0.05) is 30.8 Å². The van der Waals surface area contributed by atoms with Gasteiger partial charge in [-0.05, 0) is 43.9 Å². The van der Waals surface area contributed by atoms with E-state index in [1.165, 1.54) is 12.8 Å². The Morgan fingerprint density at radius 2 is 1.93 bits per heavy atom. The number of carbonyl (C=O) groups is 1. The standard InChI is InChI=1S/C21H32N4O2/c1-21(2)11-17(23-19(27)14-5-3-4-6-14)16-13-22-20(24-18(16)12-21)25-9-7-15(26)8-10-25/h13-15,17,26H,3-12H2,1-2H3,(H,23,27)/t17-/m1/s1. The van der Waals surface area contributed by atoms with Gasteiger partial charge < -0.3 is 15.3 Å². The first kappa shape index (κ1) is 18.7. The van der Waals surface area contributed by atoms with E-state index in [0.29, 0.717) is 0 Å². The maximum absolute atomic E-state index is 12.7. The number of nitrogens with zero attached hydrogens (tertiary/aromatic N) is 3. The van der Waals surface area contributed by atoms with Crippen LogP contribution in [0, 0.1) is 11.3 Å². The number of hydrogen-bond acceptors (Lipinski definition) is 5. The summed E-state index contributed by atoms with van der Waals surface area (Å²) in [5.41, 5.74) is 2.25. The molecule has 2 fully saturated rings. The van der Waals surface area contributed by atoms with Gasteiger partial charge in [0.05, 0.1) is 17.8 Å². The maximum Gasteiger partial charge on any atom is 0.225 e. The number of aromatic nitrogens is 2. The van der Waals surface area contributed by atoms with Crippen molar-refractivity contribution in [1.82, 2.24) is 15.3 Å². The lowest BCUT2D eigenvalue weighted by Crippen LogP contribution is -2.40. The molecule has 1 aromatic rings. The Labute approximate surface area is 161 Å². The molecular formula is C21H32N4O2. The fraction of sp³-hybridized carbons (Fsp3) is 0.762. The lowest BCUT2D eigenvalue weighted by molar-refractivity contribution is -0.125. The molecule has 2 heterocycles. The number of nitrogens with one attached hydrogen (secondary N) is 1. The highest BCUT2D eigenvalue weighted by atomic mass is 16.3. The van der Waals surface area contributed by atoms with Crippen molar-refractivity contribution in [2.45, 2.75) is 77.4 Å². The van der Waals surface area contributed by atoms with Crippen LogP contribution >= 0.6 is 0 Å². The van der Waals surface area contributed by atoms with Crippen LogP contribution in [-0.2, 0) is 11.2 Å². The molecule has 27 heavy (non-hydrogen) atoms. The van der Waals surface area contributed by atoms with Gasteiger partial charge >= 0.3 is 0 Å². The molecule has 6 nitrogen and oxygen atoms in total. The van der Waals surface area contributed by atoms with Crippen molar-refractivity contribution in [3.8, 4) is 0 Å². The molecule has 2 N–H and O–H groups in total. The van der Waals surface area contributed by atoms with Gasteiger partial charge in [-0.15, -0.1) is 0 Å². The minimum atomic E-state index is -0.201. The number of rotatable bonds is 3. The summed E-state index contributed by atoms with van der Waals surface area (Å²) in [5, 5.41) is 13.0. The first-order valence-corrected chi connectivity index (χ1v) is 10.5. The number of aliphatic hydroxyl groups is 1. The first-order chi connectivity index (χ1) is 12.9. The van der Waals surface area contributed by atoms with Crippen LogP contribution < -0.4 is 10.2 Å². The van der Waals surface area contributed by atoms with Crippen LogP contribution in [0.5, 0.6) is 0 Å². The third-order valence-corrected chi connectivity index (χ3v) is 6.46. The summed E-state index contributed by atoms with van der Waals surface area (Å²) in [6, 6.07) is 0.00841. The first-order valence-electron chi connectivity index (χ1n) is 10.5. The van der Waals surface area contributed by atoms with Crippen LogP contribution in [0.2, 0.25) is 0 Å². The molecule has 0 aromatic carbocycles. The smallest absolute Gasteiger partial charge is 0.225 e. The lowest BCUT2D eigenvalue weighted by Gasteiger charge is -2.37. The number of carbonyl (C=O) groups excluding carboxylic acids is 1. The predicted molar refractivity (Wildman–Crippen MR) is 104 cm³/mol. The van der Waals surface area contributed by atoms with Crippen LogP contribution in [-0.4, -0.2) is 40.2 Å². The minimum absolute atomic E-state index is 0.00841. The number of piperidine rings is 1. The molecule has 1 aromatic heterocycles. The molecule has 0 radical (unpaired) electrons. The average Bonchev–Trinajstić information content (AvgIpc) is 3.15. The Bertz CT molecular complexity index is 691. The molecule has 2 aliphatic carbocycles. The lowest BCUT2D eigenvalue weighted by atomic mass is 9.74. The summed E-state index contributed by atoms with van der Waals surface area (Å²) in [4.78, 5) is 24.4. The second-order valence-corrected chi connectivity index (χ2v) is 9.38. The zero-order valence-corrected chi connectivity index (χ0v) is 16.6. The highest BCUT2D eigenvalue weighted by Crippen LogP contribution is 2.40. The summed E-state index contributed by atoms with van der Waals surface area (Å²) in [5.74, 6) is 1.15. The molecule has 1 atom stereocenters. The molecule has 1 saturated heterocycles. The Morgan fingerprint density at radius 1 is 1.22 bits per heavy atom. The van der Waals surface area contributed by atoms with Gasteiger partial charge in [-0.1, -0.05) is 26.7 Å². The minimum Gasteiger partial charge on any atom is -0.393 e. The van der Waals surface area contributed by atoms with Crippen molar-refractivity contribution in [1.29, 1.82) is 0 Å². The average molecular weight is 373 g/mol. The zero-order chi connectivity index (χ0) is 19.0. The van der Waals surface area contributed by atoms with Crippen molar-refractivity contribution in [3.63, 3.8) is 0 Å². The third-order valence-electron chi connectivity index (χ3n) is 6.46. The number of hydrogen-bond donors (Lipinski definition) is 2. The fourth-order valence-electron chi connectivity index (χ4n) is 4.86. The third kappa shape index (κ3) is 4.10. The fourth-order valence-corrected chi connectivity index (χ4v) is 4.86.